The molecule has 0 fully saturated rings. The van der Waals surface area contributed by atoms with E-state index in [2.05, 4.69) is 15.0 Å². The molecule has 0 aliphatic heterocycles. The van der Waals surface area contributed by atoms with Gasteiger partial charge in [-0.2, -0.15) is 0 Å². The molecule has 0 saturated heterocycles. The summed E-state index contributed by atoms with van der Waals surface area (Å²) in [6, 6.07) is 13.5. The first-order chi connectivity index (χ1) is 13.6. The number of carboxylic acids is 1. The Morgan fingerprint density at radius 3 is 2.46 bits per heavy atom. The number of aryl methyl sites for hydroxylation is 1. The van der Waals surface area contributed by atoms with Gasteiger partial charge in [-0.05, 0) is 19.1 Å². The van der Waals surface area contributed by atoms with Crippen LogP contribution in [-0.4, -0.2) is 33.1 Å². The summed E-state index contributed by atoms with van der Waals surface area (Å²) in [7, 11) is 1.37. The van der Waals surface area contributed by atoms with Gasteiger partial charge in [-0.15, -0.1) is 0 Å². The SMILES string of the molecule is CO/C=C(\C(=O)O)c1ccccc1Oc1cc(Oc2cccc(C)n2)ncn1. The van der Waals surface area contributed by atoms with E-state index in [1.54, 1.807) is 30.3 Å². The van der Waals surface area contributed by atoms with E-state index < -0.39 is 5.97 Å². The maximum absolute atomic E-state index is 11.5. The summed E-state index contributed by atoms with van der Waals surface area (Å²) in [6.45, 7) is 1.85. The lowest BCUT2D eigenvalue weighted by atomic mass is 10.1. The average Bonchev–Trinajstić information content (AvgIpc) is 2.67. The van der Waals surface area contributed by atoms with Crippen molar-refractivity contribution in [3.05, 3.63) is 72.4 Å². The number of aliphatic carboxylic acids is 1. The van der Waals surface area contributed by atoms with E-state index in [-0.39, 0.29) is 17.3 Å². The highest BCUT2D eigenvalue weighted by Gasteiger charge is 2.17. The minimum atomic E-state index is -1.14. The molecule has 0 radical (unpaired) electrons. The molecule has 0 unspecified atom stereocenters. The molecule has 0 aliphatic carbocycles. The van der Waals surface area contributed by atoms with Crippen LogP contribution in [0, 0.1) is 6.92 Å². The first kappa shape index (κ1) is 18.8. The molecular formula is C20H17N3O5. The summed E-state index contributed by atoms with van der Waals surface area (Å²) in [5.74, 6) is -0.0263. The molecule has 8 nitrogen and oxygen atoms in total. The van der Waals surface area contributed by atoms with E-state index in [1.165, 1.54) is 19.5 Å². The molecular weight excluding hydrogens is 362 g/mol. The summed E-state index contributed by atoms with van der Waals surface area (Å²) in [5, 5.41) is 9.42. The highest BCUT2D eigenvalue weighted by atomic mass is 16.5. The van der Waals surface area contributed by atoms with Crippen LogP contribution in [-0.2, 0) is 9.53 Å². The molecule has 142 valence electrons. The van der Waals surface area contributed by atoms with Crippen molar-refractivity contribution in [2.45, 2.75) is 6.92 Å². The zero-order valence-corrected chi connectivity index (χ0v) is 15.2. The first-order valence-corrected chi connectivity index (χ1v) is 8.24. The molecule has 1 aromatic carbocycles. The number of hydrogen-bond acceptors (Lipinski definition) is 7. The van der Waals surface area contributed by atoms with Crippen molar-refractivity contribution in [2.24, 2.45) is 0 Å². The van der Waals surface area contributed by atoms with Crippen LogP contribution >= 0.6 is 0 Å². The third-order valence-corrected chi connectivity index (χ3v) is 3.55. The fraction of sp³-hybridized carbons (Fsp3) is 0.100. The summed E-state index contributed by atoms with van der Waals surface area (Å²) in [6.07, 6.45) is 2.43. The van der Waals surface area contributed by atoms with Crippen molar-refractivity contribution >= 4 is 11.5 Å². The number of pyridine rings is 1. The molecule has 3 rings (SSSR count). The quantitative estimate of drug-likeness (QED) is 0.488. The van der Waals surface area contributed by atoms with Gasteiger partial charge in [0.2, 0.25) is 17.6 Å². The third kappa shape index (κ3) is 4.61. The van der Waals surface area contributed by atoms with Gasteiger partial charge in [-0.1, -0.05) is 24.3 Å². The van der Waals surface area contributed by atoms with Crippen LogP contribution in [0.25, 0.3) is 5.57 Å². The lowest BCUT2D eigenvalue weighted by Gasteiger charge is -2.11. The van der Waals surface area contributed by atoms with Gasteiger partial charge in [-0.3, -0.25) is 0 Å². The number of carboxylic acid groups (broad SMARTS) is 1. The van der Waals surface area contributed by atoms with E-state index in [4.69, 9.17) is 14.2 Å². The van der Waals surface area contributed by atoms with Crippen LogP contribution in [0.1, 0.15) is 11.3 Å². The molecule has 1 N–H and O–H groups in total. The molecule has 0 bridgehead atoms. The van der Waals surface area contributed by atoms with Crippen molar-refractivity contribution in [1.82, 2.24) is 15.0 Å². The molecule has 3 aromatic rings. The van der Waals surface area contributed by atoms with E-state index in [9.17, 15) is 9.90 Å². The van der Waals surface area contributed by atoms with E-state index in [0.29, 0.717) is 17.2 Å². The van der Waals surface area contributed by atoms with Crippen LogP contribution < -0.4 is 9.47 Å². The van der Waals surface area contributed by atoms with Gasteiger partial charge in [0, 0.05) is 17.3 Å². The topological polar surface area (TPSA) is 104 Å². The number of aromatic nitrogens is 3. The predicted octanol–water partition coefficient (Wildman–Crippen LogP) is 3.84. The zero-order chi connectivity index (χ0) is 19.9. The highest BCUT2D eigenvalue weighted by molar-refractivity contribution is 6.15. The summed E-state index contributed by atoms with van der Waals surface area (Å²) >= 11 is 0. The number of para-hydroxylation sites is 1. The van der Waals surface area contributed by atoms with Crippen molar-refractivity contribution in [1.29, 1.82) is 0 Å². The molecule has 8 heteroatoms. The predicted molar refractivity (Wildman–Crippen MR) is 100 cm³/mol. The number of methoxy groups -OCH3 is 1. The smallest absolute Gasteiger partial charge is 0.339 e. The Hall–Kier alpha value is -3.94. The molecule has 0 saturated carbocycles. The number of hydrogen-bond donors (Lipinski definition) is 1. The van der Waals surface area contributed by atoms with Crippen LogP contribution in [0.3, 0.4) is 0 Å². The van der Waals surface area contributed by atoms with Crippen molar-refractivity contribution < 1.29 is 24.1 Å². The van der Waals surface area contributed by atoms with E-state index in [0.717, 1.165) is 12.0 Å². The summed E-state index contributed by atoms with van der Waals surface area (Å²) in [4.78, 5) is 23.9. The summed E-state index contributed by atoms with van der Waals surface area (Å²) in [5.41, 5.74) is 1.11. The fourth-order valence-electron chi connectivity index (χ4n) is 2.35. The first-order valence-electron chi connectivity index (χ1n) is 8.24. The minimum Gasteiger partial charge on any atom is -0.503 e. The van der Waals surface area contributed by atoms with E-state index in [1.807, 2.05) is 19.1 Å². The monoisotopic (exact) mass is 379 g/mol. The van der Waals surface area contributed by atoms with Gasteiger partial charge in [0.05, 0.1) is 19.4 Å². The Balaban J connectivity index is 1.87. The normalized spacial score (nSPS) is 11.0. The Kier molecular flexibility index (Phi) is 5.81. The number of ether oxygens (including phenoxy) is 3. The Labute approximate surface area is 161 Å². The molecule has 0 amide bonds. The molecule has 28 heavy (non-hydrogen) atoms. The third-order valence-electron chi connectivity index (χ3n) is 3.55. The Morgan fingerprint density at radius 1 is 1.00 bits per heavy atom. The van der Waals surface area contributed by atoms with Gasteiger partial charge in [-0.25, -0.2) is 19.7 Å². The lowest BCUT2D eigenvalue weighted by molar-refractivity contribution is -0.130. The lowest BCUT2D eigenvalue weighted by Crippen LogP contribution is -2.03. The molecule has 0 aliphatic rings. The van der Waals surface area contributed by atoms with Crippen LogP contribution in [0.4, 0.5) is 0 Å². The van der Waals surface area contributed by atoms with Gasteiger partial charge < -0.3 is 19.3 Å². The number of carbonyl (C=O) groups is 1. The van der Waals surface area contributed by atoms with Gasteiger partial charge in [0.15, 0.2) is 0 Å². The molecule has 0 spiro atoms. The maximum Gasteiger partial charge on any atom is 0.339 e. The minimum absolute atomic E-state index is 0.0485. The largest absolute Gasteiger partial charge is 0.503 e. The van der Waals surface area contributed by atoms with Crippen LogP contribution in [0.15, 0.2) is 61.1 Å². The number of rotatable bonds is 7. The van der Waals surface area contributed by atoms with E-state index >= 15 is 0 Å². The second-order valence-electron chi connectivity index (χ2n) is 5.58. The standard InChI is InChI=1S/C20H17N3O5/c1-13-6-5-9-17(23-13)28-19-10-18(21-12-22-19)27-16-8-4-3-7-14(16)15(11-26-2)20(24)25/h3-12H,1-2H3,(H,24,25)/b15-11-. The second kappa shape index (κ2) is 8.63. The number of nitrogens with zero attached hydrogens (tertiary/aromatic N) is 3. The average molecular weight is 379 g/mol. The Bertz CT molecular complexity index is 1020. The molecule has 2 aromatic heterocycles. The van der Waals surface area contributed by atoms with Crippen molar-refractivity contribution in [3.63, 3.8) is 0 Å². The zero-order valence-electron chi connectivity index (χ0n) is 15.2. The van der Waals surface area contributed by atoms with Gasteiger partial charge >= 0.3 is 5.97 Å². The summed E-state index contributed by atoms with van der Waals surface area (Å²) < 4.78 is 16.3. The van der Waals surface area contributed by atoms with Gasteiger partial charge in [0.1, 0.15) is 17.6 Å². The second-order valence-corrected chi connectivity index (χ2v) is 5.58. The molecule has 2 heterocycles. The maximum atomic E-state index is 11.5. The van der Waals surface area contributed by atoms with Crippen LogP contribution in [0.5, 0.6) is 23.4 Å². The molecule has 0 atom stereocenters. The fourth-order valence-corrected chi connectivity index (χ4v) is 2.35. The van der Waals surface area contributed by atoms with Gasteiger partial charge in [0.25, 0.3) is 0 Å². The number of benzene rings is 1. The van der Waals surface area contributed by atoms with Crippen molar-refractivity contribution in [3.8, 4) is 23.4 Å². The highest BCUT2D eigenvalue weighted by Crippen LogP contribution is 2.31. The Morgan fingerprint density at radius 2 is 1.75 bits per heavy atom. The van der Waals surface area contributed by atoms with Crippen LogP contribution in [0.2, 0.25) is 0 Å². The van der Waals surface area contributed by atoms with Crippen molar-refractivity contribution in [2.75, 3.05) is 7.11 Å².